The summed E-state index contributed by atoms with van der Waals surface area (Å²) in [6.45, 7) is 2.38. The first-order valence-electron chi connectivity index (χ1n) is 11.7. The minimum Gasteiger partial charge on any atom is -0.469 e. The smallest absolute Gasteiger partial charge is 0.307 e. The molecular formula is C26H32N6O4. The zero-order valence-electron chi connectivity index (χ0n) is 20.8. The molecule has 3 aromatic rings. The van der Waals surface area contributed by atoms with Gasteiger partial charge in [0, 0.05) is 38.0 Å². The van der Waals surface area contributed by atoms with E-state index in [0.29, 0.717) is 13.0 Å². The van der Waals surface area contributed by atoms with E-state index in [0.717, 1.165) is 28.2 Å². The first kappa shape index (κ1) is 26.4. The number of carbonyl (C=O) groups is 3. The highest BCUT2D eigenvalue weighted by Crippen LogP contribution is 2.24. The van der Waals surface area contributed by atoms with Crippen LogP contribution in [0.2, 0.25) is 0 Å². The maximum absolute atomic E-state index is 12.6. The average Bonchev–Trinajstić information content (AvgIpc) is 3.31. The van der Waals surface area contributed by atoms with Gasteiger partial charge in [0.2, 0.25) is 11.8 Å². The standard InChI is InChI=1S/C26H32N6O4/c1-18-9-12-28-23(14-18)27-11-5-8-24(33)29-17-25(34)31-21(16-26(35)36-3)19-6-4-7-20(15-19)22-10-13-30-32(22)2/h4,6-7,9-10,12-15,21H,5,8,11,16-17H2,1-3H3,(H,27,28)(H,29,33)(H,31,34)/t21-/m0/s1. The Morgan fingerprint density at radius 1 is 1.08 bits per heavy atom. The largest absolute Gasteiger partial charge is 0.469 e. The van der Waals surface area contributed by atoms with Crippen molar-refractivity contribution in [1.29, 1.82) is 0 Å². The summed E-state index contributed by atoms with van der Waals surface area (Å²) in [5.41, 5.74) is 3.65. The highest BCUT2D eigenvalue weighted by Gasteiger charge is 2.20. The van der Waals surface area contributed by atoms with E-state index >= 15 is 0 Å². The number of anilines is 1. The normalized spacial score (nSPS) is 11.4. The molecule has 2 heterocycles. The predicted octanol–water partition coefficient (Wildman–Crippen LogP) is 2.52. The van der Waals surface area contributed by atoms with E-state index in [4.69, 9.17) is 4.74 Å². The number of hydrogen-bond acceptors (Lipinski definition) is 7. The van der Waals surface area contributed by atoms with E-state index in [1.807, 2.05) is 56.4 Å². The number of pyridine rings is 1. The molecule has 10 heteroatoms. The van der Waals surface area contributed by atoms with Crippen molar-refractivity contribution < 1.29 is 19.1 Å². The zero-order valence-corrected chi connectivity index (χ0v) is 20.8. The molecule has 2 amide bonds. The number of rotatable bonds is 12. The van der Waals surface area contributed by atoms with Crippen molar-refractivity contribution in [1.82, 2.24) is 25.4 Å². The first-order valence-corrected chi connectivity index (χ1v) is 11.7. The van der Waals surface area contributed by atoms with Crippen LogP contribution in [0, 0.1) is 6.92 Å². The fraction of sp³-hybridized carbons (Fsp3) is 0.346. The molecule has 0 spiro atoms. The van der Waals surface area contributed by atoms with Crippen LogP contribution in [0.4, 0.5) is 5.82 Å². The van der Waals surface area contributed by atoms with Crippen LogP contribution in [0.3, 0.4) is 0 Å². The van der Waals surface area contributed by atoms with Crippen molar-refractivity contribution in [2.24, 2.45) is 7.05 Å². The SMILES string of the molecule is COC(=O)C[C@H](NC(=O)CNC(=O)CCCNc1cc(C)ccn1)c1cccc(-c2ccnn2C)c1. The van der Waals surface area contributed by atoms with E-state index in [1.165, 1.54) is 7.11 Å². The number of aromatic nitrogens is 3. The van der Waals surface area contributed by atoms with Gasteiger partial charge in [0.05, 0.1) is 31.8 Å². The average molecular weight is 493 g/mol. The minimum atomic E-state index is -0.610. The van der Waals surface area contributed by atoms with Crippen LogP contribution in [0.25, 0.3) is 11.3 Å². The molecular weight excluding hydrogens is 460 g/mol. The van der Waals surface area contributed by atoms with Crippen molar-refractivity contribution in [2.45, 2.75) is 32.2 Å². The van der Waals surface area contributed by atoms with Gasteiger partial charge in [0.1, 0.15) is 5.82 Å². The Morgan fingerprint density at radius 3 is 2.64 bits per heavy atom. The third-order valence-electron chi connectivity index (χ3n) is 5.59. The molecule has 0 bridgehead atoms. The summed E-state index contributed by atoms with van der Waals surface area (Å²) in [6, 6.07) is 12.6. The Hall–Kier alpha value is -4.21. The second kappa shape index (κ2) is 13.0. The summed E-state index contributed by atoms with van der Waals surface area (Å²) in [5.74, 6) is -0.318. The van der Waals surface area contributed by atoms with Crippen molar-refractivity contribution in [3.8, 4) is 11.3 Å². The van der Waals surface area contributed by atoms with E-state index in [-0.39, 0.29) is 25.3 Å². The van der Waals surface area contributed by atoms with Crippen molar-refractivity contribution in [3.63, 3.8) is 0 Å². The number of hydrogen-bond donors (Lipinski definition) is 3. The molecule has 1 atom stereocenters. The molecule has 2 aromatic heterocycles. The van der Waals surface area contributed by atoms with Crippen molar-refractivity contribution in [2.75, 3.05) is 25.5 Å². The van der Waals surface area contributed by atoms with Crippen LogP contribution >= 0.6 is 0 Å². The van der Waals surface area contributed by atoms with E-state index in [9.17, 15) is 14.4 Å². The van der Waals surface area contributed by atoms with Gasteiger partial charge in [-0.25, -0.2) is 4.98 Å². The lowest BCUT2D eigenvalue weighted by molar-refractivity contribution is -0.141. The van der Waals surface area contributed by atoms with Gasteiger partial charge in [-0.3, -0.25) is 19.1 Å². The van der Waals surface area contributed by atoms with Gasteiger partial charge in [-0.1, -0.05) is 18.2 Å². The topological polar surface area (TPSA) is 127 Å². The lowest BCUT2D eigenvalue weighted by Gasteiger charge is -2.19. The summed E-state index contributed by atoms with van der Waals surface area (Å²) in [5, 5.41) is 12.8. The Morgan fingerprint density at radius 2 is 1.92 bits per heavy atom. The first-order chi connectivity index (χ1) is 17.4. The Bertz CT molecular complexity index is 1190. The number of nitrogens with one attached hydrogen (secondary N) is 3. The van der Waals surface area contributed by atoms with Gasteiger partial charge in [-0.15, -0.1) is 0 Å². The number of benzene rings is 1. The summed E-state index contributed by atoms with van der Waals surface area (Å²) in [6.07, 6.45) is 4.25. The van der Waals surface area contributed by atoms with Gasteiger partial charge in [0.15, 0.2) is 0 Å². The molecule has 3 rings (SSSR count). The van der Waals surface area contributed by atoms with Crippen LogP contribution in [0.15, 0.2) is 54.9 Å². The second-order valence-electron chi connectivity index (χ2n) is 8.39. The lowest BCUT2D eigenvalue weighted by atomic mass is 10.00. The molecule has 3 N–H and O–H groups in total. The fourth-order valence-corrected chi connectivity index (χ4v) is 3.68. The monoisotopic (exact) mass is 492 g/mol. The highest BCUT2D eigenvalue weighted by atomic mass is 16.5. The van der Waals surface area contributed by atoms with E-state index < -0.39 is 17.9 Å². The van der Waals surface area contributed by atoms with Gasteiger partial charge in [-0.05, 0) is 48.7 Å². The molecule has 190 valence electrons. The molecule has 0 unspecified atom stereocenters. The molecule has 0 aliphatic rings. The maximum atomic E-state index is 12.6. The lowest BCUT2D eigenvalue weighted by Crippen LogP contribution is -2.39. The van der Waals surface area contributed by atoms with Crippen LogP contribution in [-0.4, -0.2) is 52.7 Å². The van der Waals surface area contributed by atoms with E-state index in [1.54, 1.807) is 17.1 Å². The maximum Gasteiger partial charge on any atom is 0.307 e. The van der Waals surface area contributed by atoms with Gasteiger partial charge in [-0.2, -0.15) is 5.10 Å². The molecule has 0 saturated carbocycles. The minimum absolute atomic E-state index is 0.0380. The number of carbonyl (C=O) groups excluding carboxylic acids is 3. The number of amides is 2. The zero-order chi connectivity index (χ0) is 25.9. The predicted molar refractivity (Wildman–Crippen MR) is 136 cm³/mol. The summed E-state index contributed by atoms with van der Waals surface area (Å²) in [7, 11) is 3.14. The second-order valence-corrected chi connectivity index (χ2v) is 8.39. The molecule has 36 heavy (non-hydrogen) atoms. The molecule has 0 aliphatic heterocycles. The van der Waals surface area contributed by atoms with Crippen LogP contribution in [0.5, 0.6) is 0 Å². The molecule has 0 radical (unpaired) electrons. The summed E-state index contributed by atoms with van der Waals surface area (Å²) in [4.78, 5) is 41.0. The number of aryl methyl sites for hydroxylation is 2. The third kappa shape index (κ3) is 7.93. The van der Waals surface area contributed by atoms with Crippen LogP contribution < -0.4 is 16.0 Å². The number of ether oxygens (including phenoxy) is 1. The van der Waals surface area contributed by atoms with Crippen molar-refractivity contribution in [3.05, 3.63) is 66.0 Å². The third-order valence-corrected chi connectivity index (χ3v) is 5.59. The van der Waals surface area contributed by atoms with Crippen LogP contribution in [0.1, 0.15) is 36.4 Å². The van der Waals surface area contributed by atoms with Gasteiger partial charge >= 0.3 is 5.97 Å². The molecule has 10 nitrogen and oxygen atoms in total. The Balaban J connectivity index is 1.51. The number of esters is 1. The quantitative estimate of drug-likeness (QED) is 0.262. The molecule has 0 saturated heterocycles. The highest BCUT2D eigenvalue weighted by molar-refractivity contribution is 5.85. The number of nitrogens with zero attached hydrogens (tertiary/aromatic N) is 3. The summed E-state index contributed by atoms with van der Waals surface area (Å²) < 4.78 is 6.56. The van der Waals surface area contributed by atoms with Gasteiger partial charge in [0.25, 0.3) is 0 Å². The number of methoxy groups -OCH3 is 1. The Labute approximate surface area is 210 Å². The molecule has 0 aliphatic carbocycles. The van der Waals surface area contributed by atoms with E-state index in [2.05, 4.69) is 26.0 Å². The summed E-state index contributed by atoms with van der Waals surface area (Å²) >= 11 is 0. The van der Waals surface area contributed by atoms with Gasteiger partial charge < -0.3 is 20.7 Å². The van der Waals surface area contributed by atoms with Crippen LogP contribution in [-0.2, 0) is 26.2 Å². The molecule has 1 aromatic carbocycles. The van der Waals surface area contributed by atoms with Crippen molar-refractivity contribution >= 4 is 23.6 Å². The Kier molecular flexibility index (Phi) is 9.56. The fourth-order valence-electron chi connectivity index (χ4n) is 3.68. The molecule has 0 fully saturated rings.